The smallest absolute Gasteiger partial charge is 0.311 e. The summed E-state index contributed by atoms with van der Waals surface area (Å²) < 4.78 is 5.95. The van der Waals surface area contributed by atoms with E-state index in [1.165, 1.54) is 32.1 Å². The van der Waals surface area contributed by atoms with Crippen LogP contribution in [0, 0.1) is 35.0 Å². The van der Waals surface area contributed by atoms with Crippen molar-refractivity contribution in [3.05, 3.63) is 36.0 Å². The summed E-state index contributed by atoms with van der Waals surface area (Å²) in [6.07, 6.45) is 3.75. The lowest BCUT2D eigenvalue weighted by molar-refractivity contribution is -0.177. The Labute approximate surface area is 219 Å². The van der Waals surface area contributed by atoms with Crippen molar-refractivity contribution in [1.82, 2.24) is 0 Å². The first kappa shape index (κ1) is 31.3. The van der Waals surface area contributed by atoms with Gasteiger partial charge in [0.1, 0.15) is 12.2 Å². The summed E-state index contributed by atoms with van der Waals surface area (Å²) in [6, 6.07) is 0. The fourth-order valence-corrected chi connectivity index (χ4v) is 5.68. The minimum atomic E-state index is -1.56. The molecule has 0 saturated heterocycles. The third-order valence-electron chi connectivity index (χ3n) is 8.32. The van der Waals surface area contributed by atoms with Crippen LogP contribution in [0.25, 0.3) is 0 Å². The molecule has 0 radical (unpaired) electrons. The first-order valence-electron chi connectivity index (χ1n) is 13.0. The molecule has 11 atom stereocenters. The van der Waals surface area contributed by atoms with Gasteiger partial charge in [-0.25, -0.2) is 0 Å². The van der Waals surface area contributed by atoms with Crippen LogP contribution in [0.1, 0.15) is 47.5 Å². The summed E-state index contributed by atoms with van der Waals surface area (Å²) in [5.74, 6) is -3.19. The summed E-state index contributed by atoms with van der Waals surface area (Å²) in [7, 11) is 0. The standard InChI is InChI=1S/C28H44O9/c1-15(7-6-8-21(32)18(4)31)25(34)17(3)27(36)37-23-12-19(13-29)11-20-10-9-16(2)28(5,24(20)23)26(35)22(33)14-30/h6-10,16-25,29-34H,11-14H2,1-5H3. The number of fused-ring (bicyclic) bond motifs is 1. The van der Waals surface area contributed by atoms with Crippen LogP contribution >= 0.6 is 0 Å². The van der Waals surface area contributed by atoms with Crippen molar-refractivity contribution in [1.29, 1.82) is 0 Å². The Balaban J connectivity index is 2.29. The van der Waals surface area contributed by atoms with E-state index in [1.54, 1.807) is 13.8 Å². The van der Waals surface area contributed by atoms with Gasteiger partial charge in [-0.1, -0.05) is 44.2 Å². The zero-order valence-electron chi connectivity index (χ0n) is 22.4. The lowest BCUT2D eigenvalue weighted by atomic mass is 9.52. The Hall–Kier alpha value is -1.88. The number of ketones is 1. The van der Waals surface area contributed by atoms with Crippen LogP contribution in [0.15, 0.2) is 36.0 Å². The van der Waals surface area contributed by atoms with Crippen LogP contribution in [0.3, 0.4) is 0 Å². The van der Waals surface area contributed by atoms with Crippen LogP contribution < -0.4 is 0 Å². The molecule has 0 heterocycles. The second-order valence-corrected chi connectivity index (χ2v) is 11.0. The van der Waals surface area contributed by atoms with Crippen molar-refractivity contribution < 1.29 is 45.0 Å². The van der Waals surface area contributed by atoms with Crippen LogP contribution in [-0.2, 0) is 14.3 Å². The molecule has 2 rings (SSSR count). The summed E-state index contributed by atoms with van der Waals surface area (Å²) in [5, 5.41) is 59.3. The molecule has 0 aliphatic heterocycles. The number of carbonyl (C=O) groups excluding carboxylic acids is 2. The third kappa shape index (κ3) is 6.96. The lowest BCUT2D eigenvalue weighted by Gasteiger charge is -2.53. The van der Waals surface area contributed by atoms with Gasteiger partial charge in [-0.3, -0.25) is 9.59 Å². The van der Waals surface area contributed by atoms with E-state index < -0.39 is 66.1 Å². The van der Waals surface area contributed by atoms with Crippen LogP contribution in [-0.4, -0.2) is 86.1 Å². The molecule has 11 unspecified atom stereocenters. The summed E-state index contributed by atoms with van der Waals surface area (Å²) in [4.78, 5) is 26.5. The van der Waals surface area contributed by atoms with E-state index in [-0.39, 0.29) is 24.4 Å². The first-order chi connectivity index (χ1) is 17.3. The number of Topliss-reactive ketones (excluding diaryl/α,β-unsaturated/α-hetero) is 1. The zero-order chi connectivity index (χ0) is 28.1. The van der Waals surface area contributed by atoms with Gasteiger partial charge >= 0.3 is 5.97 Å². The monoisotopic (exact) mass is 524 g/mol. The Kier molecular flexibility index (Phi) is 11.2. The zero-order valence-corrected chi connectivity index (χ0v) is 22.4. The number of hydrogen-bond donors (Lipinski definition) is 6. The van der Waals surface area contributed by atoms with E-state index in [4.69, 9.17) is 4.74 Å². The second kappa shape index (κ2) is 13.3. The maximum Gasteiger partial charge on any atom is 0.311 e. The molecule has 0 bridgehead atoms. The molecule has 2 aliphatic carbocycles. The molecule has 1 fully saturated rings. The van der Waals surface area contributed by atoms with E-state index in [9.17, 15) is 40.2 Å². The average Bonchev–Trinajstić information content (AvgIpc) is 2.88. The molecule has 0 aromatic heterocycles. The molecule has 9 heteroatoms. The van der Waals surface area contributed by atoms with Gasteiger partial charge in [0.2, 0.25) is 0 Å². The van der Waals surface area contributed by atoms with Gasteiger partial charge in [0.05, 0.1) is 30.8 Å². The number of ether oxygens (including phenoxy) is 1. The third-order valence-corrected chi connectivity index (χ3v) is 8.32. The fourth-order valence-electron chi connectivity index (χ4n) is 5.68. The molecule has 0 spiro atoms. The predicted octanol–water partition coefficient (Wildman–Crippen LogP) is 0.909. The number of hydrogen-bond acceptors (Lipinski definition) is 9. The Morgan fingerprint density at radius 2 is 1.76 bits per heavy atom. The highest BCUT2D eigenvalue weighted by Crippen LogP contribution is 2.53. The lowest BCUT2D eigenvalue weighted by Crippen LogP contribution is -2.57. The van der Waals surface area contributed by atoms with Gasteiger partial charge in [0.25, 0.3) is 0 Å². The van der Waals surface area contributed by atoms with Crippen LogP contribution in [0.4, 0.5) is 0 Å². The van der Waals surface area contributed by atoms with Crippen molar-refractivity contribution in [3.8, 4) is 0 Å². The second-order valence-electron chi connectivity index (χ2n) is 11.0. The molecule has 210 valence electrons. The number of carbonyl (C=O) groups is 2. The van der Waals surface area contributed by atoms with Crippen LogP contribution in [0.2, 0.25) is 0 Å². The van der Waals surface area contributed by atoms with Gasteiger partial charge in [0.15, 0.2) is 5.78 Å². The molecular weight excluding hydrogens is 480 g/mol. The number of esters is 1. The number of allylic oxidation sites excluding steroid dienone is 4. The normalized spacial score (nSPS) is 34.4. The molecular formula is C28H44O9. The minimum absolute atomic E-state index is 0.102. The number of aliphatic hydroxyl groups is 6. The fraction of sp³-hybridized carbons (Fsp3) is 0.714. The molecule has 0 aromatic carbocycles. The SMILES string of the molecule is CC(=CC=CC(O)C(C)O)C(O)C(C)C(=O)OC1CC(CO)CC2C=CC(C)C(C)(C(=O)C(O)CO)C21. The highest BCUT2D eigenvalue weighted by Gasteiger charge is 2.57. The van der Waals surface area contributed by atoms with E-state index in [0.29, 0.717) is 18.4 Å². The predicted molar refractivity (Wildman–Crippen MR) is 137 cm³/mol. The Bertz CT molecular complexity index is 879. The topological polar surface area (TPSA) is 165 Å². The molecule has 37 heavy (non-hydrogen) atoms. The molecule has 1 saturated carbocycles. The highest BCUT2D eigenvalue weighted by molar-refractivity contribution is 5.89. The van der Waals surface area contributed by atoms with Crippen molar-refractivity contribution in [2.45, 2.75) is 78.0 Å². The largest absolute Gasteiger partial charge is 0.462 e. The van der Waals surface area contributed by atoms with Gasteiger partial charge in [-0.05, 0) is 56.9 Å². The number of aliphatic hydroxyl groups excluding tert-OH is 6. The molecule has 2 aliphatic rings. The minimum Gasteiger partial charge on any atom is -0.462 e. The Morgan fingerprint density at radius 3 is 2.32 bits per heavy atom. The van der Waals surface area contributed by atoms with Crippen molar-refractivity contribution in [2.75, 3.05) is 13.2 Å². The number of rotatable bonds is 11. The van der Waals surface area contributed by atoms with Gasteiger partial charge in [-0.15, -0.1) is 0 Å². The van der Waals surface area contributed by atoms with Crippen LogP contribution in [0.5, 0.6) is 0 Å². The van der Waals surface area contributed by atoms with Gasteiger partial charge < -0.3 is 35.4 Å². The van der Waals surface area contributed by atoms with E-state index in [1.807, 2.05) is 19.1 Å². The van der Waals surface area contributed by atoms with E-state index in [0.717, 1.165) is 0 Å². The average molecular weight is 525 g/mol. The quantitative estimate of drug-likeness (QED) is 0.131. The first-order valence-corrected chi connectivity index (χ1v) is 13.0. The molecule has 6 N–H and O–H groups in total. The molecule has 0 aromatic rings. The summed E-state index contributed by atoms with van der Waals surface area (Å²) >= 11 is 0. The Morgan fingerprint density at radius 1 is 1.11 bits per heavy atom. The van der Waals surface area contributed by atoms with E-state index in [2.05, 4.69) is 0 Å². The van der Waals surface area contributed by atoms with Crippen molar-refractivity contribution in [2.24, 2.45) is 35.0 Å². The summed E-state index contributed by atoms with van der Waals surface area (Å²) in [6.45, 7) is 7.39. The molecule has 0 amide bonds. The van der Waals surface area contributed by atoms with Gasteiger partial charge in [0, 0.05) is 17.9 Å². The summed E-state index contributed by atoms with van der Waals surface area (Å²) in [5.41, 5.74) is -0.659. The highest BCUT2D eigenvalue weighted by atomic mass is 16.5. The van der Waals surface area contributed by atoms with Gasteiger partial charge in [-0.2, -0.15) is 0 Å². The maximum absolute atomic E-state index is 13.3. The maximum atomic E-state index is 13.3. The van der Waals surface area contributed by atoms with Crippen molar-refractivity contribution in [3.63, 3.8) is 0 Å². The van der Waals surface area contributed by atoms with Crippen molar-refractivity contribution >= 4 is 11.8 Å². The van der Waals surface area contributed by atoms with E-state index >= 15 is 0 Å². The molecule has 9 nitrogen and oxygen atoms in total.